The van der Waals surface area contributed by atoms with Crippen LogP contribution in [0.25, 0.3) is 11.4 Å². The lowest BCUT2D eigenvalue weighted by Crippen LogP contribution is -2.32. The molecule has 9 heteroatoms. The number of carbonyl (C=O) groups excluding carboxylic acids is 1. The molecule has 2 aromatic heterocycles. The molecule has 1 atom stereocenters. The Kier molecular flexibility index (Phi) is 6.24. The zero-order valence-corrected chi connectivity index (χ0v) is 14.6. The summed E-state index contributed by atoms with van der Waals surface area (Å²) in [7, 11) is 1.57. The van der Waals surface area contributed by atoms with Gasteiger partial charge in [0.25, 0.3) is 0 Å². The van der Waals surface area contributed by atoms with E-state index < -0.39 is 5.97 Å². The summed E-state index contributed by atoms with van der Waals surface area (Å²) in [6.07, 6.45) is 3.30. The van der Waals surface area contributed by atoms with Gasteiger partial charge in [0.1, 0.15) is 5.69 Å². The maximum atomic E-state index is 12.2. The van der Waals surface area contributed by atoms with Gasteiger partial charge in [-0.25, -0.2) is 19.7 Å². The second-order valence-corrected chi connectivity index (χ2v) is 5.55. The number of esters is 1. The predicted molar refractivity (Wildman–Crippen MR) is 88.8 cm³/mol. The van der Waals surface area contributed by atoms with E-state index in [1.165, 1.54) is 0 Å². The van der Waals surface area contributed by atoms with E-state index in [9.17, 15) is 4.79 Å². The highest BCUT2D eigenvalue weighted by molar-refractivity contribution is 6.28. The van der Waals surface area contributed by atoms with Crippen molar-refractivity contribution < 1.29 is 14.3 Å². The highest BCUT2D eigenvalue weighted by Gasteiger charge is 2.21. The number of aromatic nitrogens is 4. The van der Waals surface area contributed by atoms with Gasteiger partial charge in [0, 0.05) is 32.1 Å². The van der Waals surface area contributed by atoms with E-state index in [1.54, 1.807) is 31.0 Å². The minimum absolute atomic E-state index is 0.110. The molecule has 2 heterocycles. The lowest BCUT2D eigenvalue weighted by Gasteiger charge is -2.12. The Bertz CT molecular complexity index is 719. The molecule has 0 aliphatic carbocycles. The SMILES string of the molecule is CCOC(=O)c1nc(-c2nc(Cl)ncc2C)cn1C[C@@H](N)COC. The molecule has 0 aliphatic rings. The van der Waals surface area contributed by atoms with Gasteiger partial charge in [-0.3, -0.25) is 0 Å². The molecule has 0 aromatic carbocycles. The fourth-order valence-electron chi connectivity index (χ4n) is 2.23. The van der Waals surface area contributed by atoms with E-state index in [-0.39, 0.29) is 23.8 Å². The van der Waals surface area contributed by atoms with E-state index >= 15 is 0 Å². The molecule has 0 radical (unpaired) electrons. The second-order valence-electron chi connectivity index (χ2n) is 5.21. The molecule has 0 fully saturated rings. The van der Waals surface area contributed by atoms with Gasteiger partial charge in [-0.05, 0) is 31.0 Å². The molecule has 2 N–H and O–H groups in total. The van der Waals surface area contributed by atoms with E-state index in [1.807, 2.05) is 6.92 Å². The quantitative estimate of drug-likeness (QED) is 0.593. The number of methoxy groups -OCH3 is 1. The number of aryl methyl sites for hydroxylation is 1. The van der Waals surface area contributed by atoms with Crippen molar-refractivity contribution >= 4 is 17.6 Å². The average Bonchev–Trinajstić information content (AvgIpc) is 2.94. The van der Waals surface area contributed by atoms with Crippen LogP contribution in [0.15, 0.2) is 12.4 Å². The van der Waals surface area contributed by atoms with Crippen molar-refractivity contribution in [3.8, 4) is 11.4 Å². The summed E-state index contributed by atoms with van der Waals surface area (Å²) >= 11 is 5.87. The Morgan fingerprint density at radius 3 is 2.88 bits per heavy atom. The van der Waals surface area contributed by atoms with Gasteiger partial charge >= 0.3 is 5.97 Å². The first kappa shape index (κ1) is 18.3. The van der Waals surface area contributed by atoms with Crippen molar-refractivity contribution in [2.45, 2.75) is 26.4 Å². The Balaban J connectivity index is 2.43. The third kappa shape index (κ3) is 4.28. The Labute approximate surface area is 145 Å². The van der Waals surface area contributed by atoms with Gasteiger partial charge in [-0.15, -0.1) is 0 Å². The van der Waals surface area contributed by atoms with Crippen molar-refractivity contribution in [3.63, 3.8) is 0 Å². The zero-order valence-electron chi connectivity index (χ0n) is 13.8. The summed E-state index contributed by atoms with van der Waals surface area (Å²) in [4.78, 5) is 24.6. The smallest absolute Gasteiger partial charge is 0.374 e. The topological polar surface area (TPSA) is 105 Å². The standard InChI is InChI=1S/C15H20ClN5O3/c1-4-24-14(22)13-19-11(7-21(13)6-10(17)8-23-3)12-9(2)5-18-15(16)20-12/h5,7,10H,4,6,8,17H2,1-3H3/t10-/m1/s1. The molecular weight excluding hydrogens is 334 g/mol. The third-order valence-electron chi connectivity index (χ3n) is 3.23. The first-order valence-corrected chi connectivity index (χ1v) is 7.82. The molecule has 0 aliphatic heterocycles. The van der Waals surface area contributed by atoms with Crippen molar-refractivity contribution in [3.05, 3.63) is 29.1 Å². The number of hydrogen-bond donors (Lipinski definition) is 1. The summed E-state index contributed by atoms with van der Waals surface area (Å²) in [5.74, 6) is -0.362. The Morgan fingerprint density at radius 1 is 1.46 bits per heavy atom. The van der Waals surface area contributed by atoms with Gasteiger partial charge in [-0.2, -0.15) is 0 Å². The molecule has 0 saturated heterocycles. The highest BCUT2D eigenvalue weighted by atomic mass is 35.5. The monoisotopic (exact) mass is 353 g/mol. The van der Waals surface area contributed by atoms with Crippen molar-refractivity contribution in [2.24, 2.45) is 5.73 Å². The first-order chi connectivity index (χ1) is 11.5. The maximum absolute atomic E-state index is 12.2. The van der Waals surface area contributed by atoms with Gasteiger partial charge in [0.2, 0.25) is 11.1 Å². The third-order valence-corrected chi connectivity index (χ3v) is 3.41. The molecule has 8 nitrogen and oxygen atoms in total. The van der Waals surface area contributed by atoms with E-state index in [4.69, 9.17) is 26.8 Å². The fourth-order valence-corrected chi connectivity index (χ4v) is 2.36. The largest absolute Gasteiger partial charge is 0.460 e. The summed E-state index contributed by atoms with van der Waals surface area (Å²) in [5, 5.41) is 0.110. The maximum Gasteiger partial charge on any atom is 0.374 e. The molecule has 2 rings (SSSR count). The lowest BCUT2D eigenvalue weighted by atomic mass is 10.2. The Morgan fingerprint density at radius 2 is 2.21 bits per heavy atom. The molecule has 0 amide bonds. The van der Waals surface area contributed by atoms with Crippen LogP contribution in [0.4, 0.5) is 0 Å². The van der Waals surface area contributed by atoms with Crippen molar-refractivity contribution in [1.82, 2.24) is 19.5 Å². The van der Waals surface area contributed by atoms with Crippen LogP contribution in [0, 0.1) is 6.92 Å². The highest BCUT2D eigenvalue weighted by Crippen LogP contribution is 2.22. The minimum Gasteiger partial charge on any atom is -0.460 e. The summed E-state index contributed by atoms with van der Waals surface area (Å²) in [6, 6.07) is -0.291. The number of rotatable bonds is 7. The van der Waals surface area contributed by atoms with Crippen LogP contribution in [0.2, 0.25) is 5.28 Å². The van der Waals surface area contributed by atoms with E-state index in [0.717, 1.165) is 5.56 Å². The summed E-state index contributed by atoms with van der Waals surface area (Å²) in [5.41, 5.74) is 7.84. The number of ether oxygens (including phenoxy) is 2. The minimum atomic E-state index is -0.522. The van der Waals surface area contributed by atoms with Crippen LogP contribution in [-0.2, 0) is 16.0 Å². The molecule has 0 unspecified atom stereocenters. The van der Waals surface area contributed by atoms with E-state index in [2.05, 4.69) is 15.0 Å². The second kappa shape index (κ2) is 8.18. The van der Waals surface area contributed by atoms with Gasteiger partial charge in [-0.1, -0.05) is 0 Å². The molecule has 2 aromatic rings. The first-order valence-electron chi connectivity index (χ1n) is 7.44. The van der Waals surface area contributed by atoms with Crippen LogP contribution in [0.5, 0.6) is 0 Å². The summed E-state index contributed by atoms with van der Waals surface area (Å²) in [6.45, 7) is 4.53. The molecule has 0 spiro atoms. The summed E-state index contributed by atoms with van der Waals surface area (Å²) < 4.78 is 11.7. The van der Waals surface area contributed by atoms with Gasteiger partial charge in [0.05, 0.1) is 18.9 Å². The average molecular weight is 354 g/mol. The van der Waals surface area contributed by atoms with Crippen molar-refractivity contribution in [1.29, 1.82) is 0 Å². The molecule has 0 bridgehead atoms. The van der Waals surface area contributed by atoms with Gasteiger partial charge < -0.3 is 19.8 Å². The number of imidazole rings is 1. The van der Waals surface area contributed by atoms with Crippen LogP contribution >= 0.6 is 11.6 Å². The molecule has 0 saturated carbocycles. The molecule has 130 valence electrons. The van der Waals surface area contributed by atoms with Crippen LogP contribution < -0.4 is 5.73 Å². The lowest BCUT2D eigenvalue weighted by molar-refractivity contribution is 0.0505. The predicted octanol–water partition coefficient (Wildman–Crippen LogP) is 1.45. The van der Waals surface area contributed by atoms with Gasteiger partial charge in [0.15, 0.2) is 0 Å². The van der Waals surface area contributed by atoms with Crippen LogP contribution in [0.3, 0.4) is 0 Å². The normalized spacial score (nSPS) is 12.2. The Hall–Kier alpha value is -2.03. The number of nitrogens with two attached hydrogens (primary N) is 1. The fraction of sp³-hybridized carbons (Fsp3) is 0.467. The molecule has 24 heavy (non-hydrogen) atoms. The zero-order chi connectivity index (χ0) is 17.7. The van der Waals surface area contributed by atoms with Crippen LogP contribution in [-0.4, -0.2) is 51.9 Å². The molecular formula is C15H20ClN5O3. The number of carbonyl (C=O) groups is 1. The number of hydrogen-bond acceptors (Lipinski definition) is 7. The van der Waals surface area contributed by atoms with E-state index in [0.29, 0.717) is 24.5 Å². The van der Waals surface area contributed by atoms with Crippen LogP contribution in [0.1, 0.15) is 23.1 Å². The number of nitrogens with zero attached hydrogens (tertiary/aromatic N) is 4. The number of halogens is 1. The van der Waals surface area contributed by atoms with Crippen molar-refractivity contribution in [2.75, 3.05) is 20.3 Å².